The van der Waals surface area contributed by atoms with Crippen LogP contribution in [-0.4, -0.2) is 101 Å². The summed E-state index contributed by atoms with van der Waals surface area (Å²) in [6.45, 7) is 3.97. The number of aliphatic hydroxyl groups is 1. The molecule has 3 atom stereocenters. The molecular formula is C34H54ClN5O7S. The Balaban J connectivity index is 0.0000110. The van der Waals surface area contributed by atoms with Gasteiger partial charge in [-0.25, -0.2) is 0 Å². The highest BCUT2D eigenvalue weighted by Gasteiger charge is 2.27. The normalized spacial score (nSPS) is 12.4. The molecule has 0 saturated heterocycles. The molecule has 4 amide bonds. The number of unbranched alkanes of at least 4 members (excludes halogenated alkanes) is 3. The molecular weight excluding hydrogens is 658 g/mol. The fourth-order valence-corrected chi connectivity index (χ4v) is 5.64. The molecule has 48 heavy (non-hydrogen) atoms. The quantitative estimate of drug-likeness (QED) is 0.111. The van der Waals surface area contributed by atoms with Gasteiger partial charge in [-0.3, -0.25) is 19.2 Å². The number of hydrogen-bond acceptors (Lipinski definition) is 8. The molecule has 2 aromatic carbocycles. The number of phenols is 1. The molecule has 0 heterocycles. The standard InChI is InChI=1S/C34H51N5O6S.ClH.H2O/c1-23-18-26(41)19-24(2)27(23)21-28(35)32(43)38-29(14-17-46-4)33(44)36-22-31(42)37-30(20-25-12-8-7-9-13-25)34(45)39(3)15-10-5-6-11-16-40;;/h7-9,12-13,18-19,28-30,40-41H,5-6,10-11,14-17,20-22,35H2,1-4H3,(H,36,44)(H,37,42)(H,38,43);1H;1H2/t28-,29-,30+;;/m1../s1. The largest absolute Gasteiger partial charge is 0.508 e. The van der Waals surface area contributed by atoms with Crippen molar-refractivity contribution in [1.29, 1.82) is 0 Å². The number of amides is 4. The first kappa shape index (κ1) is 44.6. The molecule has 0 aliphatic heterocycles. The third kappa shape index (κ3) is 15.7. The molecule has 2 rings (SSSR count). The fourth-order valence-electron chi connectivity index (χ4n) is 5.16. The van der Waals surface area contributed by atoms with Crippen LogP contribution in [0.15, 0.2) is 42.5 Å². The molecule has 9 N–H and O–H groups in total. The number of nitrogens with zero attached hydrogens (tertiary/aromatic N) is 1. The number of nitrogens with two attached hydrogens (primary N) is 1. The number of aromatic hydroxyl groups is 1. The van der Waals surface area contributed by atoms with Crippen LogP contribution in [0.1, 0.15) is 54.4 Å². The molecule has 12 nitrogen and oxygen atoms in total. The van der Waals surface area contributed by atoms with E-state index in [9.17, 15) is 24.3 Å². The molecule has 0 fully saturated rings. The van der Waals surface area contributed by atoms with Crippen molar-refractivity contribution < 1.29 is 34.9 Å². The van der Waals surface area contributed by atoms with Crippen molar-refractivity contribution in [1.82, 2.24) is 20.9 Å². The second-order valence-electron chi connectivity index (χ2n) is 11.6. The number of carbonyl (C=O) groups excluding carboxylic acids is 4. The Labute approximate surface area is 294 Å². The molecule has 14 heteroatoms. The zero-order chi connectivity index (χ0) is 34.1. The predicted molar refractivity (Wildman–Crippen MR) is 193 cm³/mol. The van der Waals surface area contributed by atoms with E-state index in [0.717, 1.165) is 47.9 Å². The Morgan fingerprint density at radius 2 is 1.54 bits per heavy atom. The summed E-state index contributed by atoms with van der Waals surface area (Å²) < 4.78 is 0. The Morgan fingerprint density at radius 3 is 2.15 bits per heavy atom. The van der Waals surface area contributed by atoms with E-state index in [1.54, 1.807) is 24.1 Å². The van der Waals surface area contributed by atoms with E-state index >= 15 is 0 Å². The number of phenolic OH excluding ortho intramolecular Hbond substituents is 1. The second kappa shape index (κ2) is 23.9. The van der Waals surface area contributed by atoms with E-state index in [1.807, 2.05) is 50.4 Å². The fraction of sp³-hybridized carbons (Fsp3) is 0.529. The number of aryl methyl sites for hydroxylation is 2. The Hall–Kier alpha value is -3.36. The third-order valence-electron chi connectivity index (χ3n) is 7.80. The van der Waals surface area contributed by atoms with Crippen molar-refractivity contribution in [2.24, 2.45) is 5.73 Å². The maximum atomic E-state index is 13.4. The van der Waals surface area contributed by atoms with Gasteiger partial charge in [0.25, 0.3) is 0 Å². The van der Waals surface area contributed by atoms with Crippen LogP contribution in [0.3, 0.4) is 0 Å². The number of aliphatic hydroxyl groups excluding tert-OH is 1. The number of hydrogen-bond donors (Lipinski definition) is 6. The first-order valence-electron chi connectivity index (χ1n) is 15.8. The summed E-state index contributed by atoms with van der Waals surface area (Å²) in [4.78, 5) is 54.2. The Bertz CT molecular complexity index is 1260. The lowest BCUT2D eigenvalue weighted by molar-refractivity contribution is -0.135. The lowest BCUT2D eigenvalue weighted by atomic mass is 9.96. The summed E-state index contributed by atoms with van der Waals surface area (Å²) in [5, 5.41) is 26.9. The zero-order valence-corrected chi connectivity index (χ0v) is 30.1. The smallest absolute Gasteiger partial charge is 0.245 e. The van der Waals surface area contributed by atoms with Crippen LogP contribution >= 0.6 is 24.2 Å². The average Bonchev–Trinajstić information content (AvgIpc) is 3.02. The molecule has 0 unspecified atom stereocenters. The van der Waals surface area contributed by atoms with Crippen LogP contribution in [0.5, 0.6) is 5.75 Å². The van der Waals surface area contributed by atoms with Gasteiger partial charge in [-0.15, -0.1) is 12.4 Å². The monoisotopic (exact) mass is 711 g/mol. The first-order chi connectivity index (χ1) is 22.0. The molecule has 0 aliphatic carbocycles. The van der Waals surface area contributed by atoms with Crippen LogP contribution < -0.4 is 21.7 Å². The molecule has 0 radical (unpaired) electrons. The van der Waals surface area contributed by atoms with E-state index in [4.69, 9.17) is 10.8 Å². The SMILES string of the molecule is CSCC[C@@H](NC(=O)[C@H](N)Cc1c(C)cc(O)cc1C)C(=O)NCC(=O)N[C@@H](Cc1ccccc1)C(=O)N(C)CCCCCCO.Cl.O. The molecule has 0 saturated carbocycles. The number of nitrogens with one attached hydrogen (secondary N) is 3. The zero-order valence-electron chi connectivity index (χ0n) is 28.4. The summed E-state index contributed by atoms with van der Waals surface area (Å²) in [6.07, 6.45) is 6.02. The molecule has 0 spiro atoms. The van der Waals surface area contributed by atoms with Crippen molar-refractivity contribution in [3.63, 3.8) is 0 Å². The molecule has 270 valence electrons. The van der Waals surface area contributed by atoms with Crippen molar-refractivity contribution in [3.8, 4) is 5.75 Å². The number of benzene rings is 2. The Morgan fingerprint density at radius 1 is 0.917 bits per heavy atom. The number of carbonyl (C=O) groups is 4. The van der Waals surface area contributed by atoms with Crippen molar-refractivity contribution in [2.45, 2.75) is 76.9 Å². The van der Waals surface area contributed by atoms with Gasteiger partial charge in [-0.2, -0.15) is 11.8 Å². The summed E-state index contributed by atoms with van der Waals surface area (Å²) >= 11 is 1.52. The van der Waals surface area contributed by atoms with Gasteiger partial charge in [-0.1, -0.05) is 43.2 Å². The van der Waals surface area contributed by atoms with Crippen molar-refractivity contribution >= 4 is 47.8 Å². The molecule has 0 bridgehead atoms. The minimum Gasteiger partial charge on any atom is -0.508 e. The number of thioether (sulfide) groups is 1. The van der Waals surface area contributed by atoms with E-state index < -0.39 is 35.8 Å². The number of rotatable bonds is 20. The van der Waals surface area contributed by atoms with E-state index in [-0.39, 0.29) is 49.1 Å². The summed E-state index contributed by atoms with van der Waals surface area (Å²) in [7, 11) is 1.70. The van der Waals surface area contributed by atoms with Crippen molar-refractivity contribution in [3.05, 3.63) is 64.7 Å². The maximum absolute atomic E-state index is 13.4. The maximum Gasteiger partial charge on any atom is 0.245 e. The Kier molecular flexibility index (Phi) is 22.2. The lowest BCUT2D eigenvalue weighted by Gasteiger charge is -2.25. The highest BCUT2D eigenvalue weighted by atomic mass is 35.5. The second-order valence-corrected chi connectivity index (χ2v) is 12.6. The van der Waals surface area contributed by atoms with Crippen LogP contribution in [-0.2, 0) is 32.0 Å². The average molecular weight is 712 g/mol. The van der Waals surface area contributed by atoms with Gasteiger partial charge < -0.3 is 42.3 Å². The highest BCUT2D eigenvalue weighted by molar-refractivity contribution is 7.98. The molecule has 0 aromatic heterocycles. The van der Waals surface area contributed by atoms with Gasteiger partial charge in [0.2, 0.25) is 23.6 Å². The third-order valence-corrected chi connectivity index (χ3v) is 8.45. The minimum atomic E-state index is -0.925. The van der Waals surface area contributed by atoms with Gasteiger partial charge in [0.1, 0.15) is 17.8 Å². The van der Waals surface area contributed by atoms with Gasteiger partial charge in [0.05, 0.1) is 12.6 Å². The summed E-state index contributed by atoms with van der Waals surface area (Å²) in [6, 6.07) is 9.96. The van der Waals surface area contributed by atoms with Crippen LogP contribution in [0.2, 0.25) is 0 Å². The predicted octanol–water partition coefficient (Wildman–Crippen LogP) is 1.57. The van der Waals surface area contributed by atoms with Crippen molar-refractivity contribution in [2.75, 3.05) is 38.8 Å². The highest BCUT2D eigenvalue weighted by Crippen LogP contribution is 2.22. The number of halogens is 1. The van der Waals surface area contributed by atoms with E-state index in [0.29, 0.717) is 25.1 Å². The lowest BCUT2D eigenvalue weighted by Crippen LogP contribution is -2.55. The van der Waals surface area contributed by atoms with Gasteiger partial charge in [-0.05, 0) is 85.9 Å². The topological polar surface area (TPSA) is 206 Å². The van der Waals surface area contributed by atoms with Crippen LogP contribution in [0, 0.1) is 13.8 Å². The molecule has 0 aliphatic rings. The van der Waals surface area contributed by atoms with Gasteiger partial charge in [0.15, 0.2) is 0 Å². The van der Waals surface area contributed by atoms with Gasteiger partial charge >= 0.3 is 0 Å². The van der Waals surface area contributed by atoms with Gasteiger partial charge in [0, 0.05) is 26.6 Å². The van der Waals surface area contributed by atoms with Crippen LogP contribution in [0.25, 0.3) is 0 Å². The van der Waals surface area contributed by atoms with E-state index in [1.165, 1.54) is 11.8 Å². The molecule has 2 aromatic rings. The first-order valence-corrected chi connectivity index (χ1v) is 17.2. The van der Waals surface area contributed by atoms with E-state index in [2.05, 4.69) is 16.0 Å². The number of likely N-dealkylation sites (N-methyl/N-ethyl adjacent to an activating group) is 1. The summed E-state index contributed by atoms with van der Waals surface area (Å²) in [5.74, 6) is -1.04. The summed E-state index contributed by atoms with van der Waals surface area (Å²) in [5.41, 5.74) is 9.60. The minimum absolute atomic E-state index is 0. The van der Waals surface area contributed by atoms with Crippen LogP contribution in [0.4, 0.5) is 0 Å².